The summed E-state index contributed by atoms with van der Waals surface area (Å²) in [5, 5.41) is 2.84. The first-order valence-electron chi connectivity index (χ1n) is 14.2. The van der Waals surface area contributed by atoms with Crippen molar-refractivity contribution in [2.24, 2.45) is 0 Å². The molecule has 0 aliphatic carbocycles. The molecular weight excluding hydrogens is 586 g/mol. The van der Waals surface area contributed by atoms with E-state index < -0.39 is 28.5 Å². The van der Waals surface area contributed by atoms with Gasteiger partial charge in [-0.25, -0.2) is 8.42 Å². The first kappa shape index (κ1) is 34.0. The Balaban J connectivity index is 2.11. The van der Waals surface area contributed by atoms with Gasteiger partial charge >= 0.3 is 0 Å². The van der Waals surface area contributed by atoms with Crippen LogP contribution in [-0.4, -0.2) is 79.2 Å². The second-order valence-corrected chi connectivity index (χ2v) is 11.7. The van der Waals surface area contributed by atoms with E-state index in [-0.39, 0.29) is 34.5 Å². The normalized spacial score (nSPS) is 11.7. The predicted octanol–water partition coefficient (Wildman–Crippen LogP) is 3.90. The van der Waals surface area contributed by atoms with E-state index in [0.29, 0.717) is 24.5 Å². The van der Waals surface area contributed by atoms with Gasteiger partial charge in [-0.15, -0.1) is 0 Å². The van der Waals surface area contributed by atoms with E-state index in [2.05, 4.69) is 5.32 Å². The molecule has 0 aliphatic rings. The Morgan fingerprint density at radius 1 is 0.841 bits per heavy atom. The maximum atomic E-state index is 14.3. The van der Waals surface area contributed by atoms with Crippen molar-refractivity contribution in [2.45, 2.75) is 37.6 Å². The van der Waals surface area contributed by atoms with Crippen LogP contribution in [0.5, 0.6) is 23.0 Å². The lowest BCUT2D eigenvalue weighted by Gasteiger charge is -2.32. The number of nitrogens with zero attached hydrogens (tertiary/aromatic N) is 2. The fourth-order valence-corrected chi connectivity index (χ4v) is 6.01. The average Bonchev–Trinajstić information content (AvgIpc) is 3.05. The standard InChI is InChI=1S/C32H41N3O8S/c1-7-18-33-32(37)23(2)34(19-17-24-11-9-8-10-12-24)31(36)22-35(27-20-25(40-3)13-15-28(27)41-4)44(38,39)26-14-16-29(42-5)30(21-26)43-6/h8-16,20-21,23H,7,17-19,22H2,1-6H3,(H,33,37)/t23-/m1/s1. The van der Waals surface area contributed by atoms with Gasteiger partial charge in [-0.1, -0.05) is 37.3 Å². The van der Waals surface area contributed by atoms with Crippen molar-refractivity contribution in [3.05, 3.63) is 72.3 Å². The highest BCUT2D eigenvalue weighted by Crippen LogP contribution is 2.37. The minimum absolute atomic E-state index is 0.0843. The molecule has 0 fully saturated rings. The highest BCUT2D eigenvalue weighted by atomic mass is 32.2. The SMILES string of the molecule is CCCNC(=O)[C@@H](C)N(CCc1ccccc1)C(=O)CN(c1cc(OC)ccc1OC)S(=O)(=O)c1ccc(OC)c(OC)c1. The van der Waals surface area contributed by atoms with E-state index in [4.69, 9.17) is 18.9 Å². The molecule has 0 bridgehead atoms. The van der Waals surface area contributed by atoms with Crippen LogP contribution in [0.1, 0.15) is 25.8 Å². The Morgan fingerprint density at radius 3 is 2.11 bits per heavy atom. The Labute approximate surface area is 259 Å². The van der Waals surface area contributed by atoms with Crippen LogP contribution in [0, 0.1) is 0 Å². The molecule has 0 saturated carbocycles. The zero-order valence-electron chi connectivity index (χ0n) is 26.0. The molecule has 1 atom stereocenters. The number of ether oxygens (including phenoxy) is 4. The summed E-state index contributed by atoms with van der Waals surface area (Å²) in [5.74, 6) is 0.187. The van der Waals surface area contributed by atoms with E-state index in [1.807, 2.05) is 37.3 Å². The van der Waals surface area contributed by atoms with Crippen LogP contribution in [0.3, 0.4) is 0 Å². The van der Waals surface area contributed by atoms with Gasteiger partial charge in [-0.3, -0.25) is 13.9 Å². The molecule has 2 amide bonds. The Morgan fingerprint density at radius 2 is 1.50 bits per heavy atom. The van der Waals surface area contributed by atoms with E-state index in [1.54, 1.807) is 19.1 Å². The number of anilines is 1. The van der Waals surface area contributed by atoms with Crippen molar-refractivity contribution in [3.63, 3.8) is 0 Å². The molecule has 238 valence electrons. The fourth-order valence-electron chi connectivity index (χ4n) is 4.58. The van der Waals surface area contributed by atoms with Crippen LogP contribution in [0.4, 0.5) is 5.69 Å². The minimum Gasteiger partial charge on any atom is -0.497 e. The molecule has 3 aromatic carbocycles. The van der Waals surface area contributed by atoms with Crippen LogP contribution >= 0.6 is 0 Å². The lowest BCUT2D eigenvalue weighted by Crippen LogP contribution is -2.52. The van der Waals surface area contributed by atoms with Gasteiger partial charge in [0.25, 0.3) is 10.0 Å². The van der Waals surface area contributed by atoms with E-state index in [9.17, 15) is 18.0 Å². The number of methoxy groups -OCH3 is 4. The number of amides is 2. The lowest BCUT2D eigenvalue weighted by molar-refractivity contribution is -0.138. The van der Waals surface area contributed by atoms with Crippen LogP contribution in [-0.2, 0) is 26.0 Å². The largest absolute Gasteiger partial charge is 0.497 e. The maximum Gasteiger partial charge on any atom is 0.265 e. The van der Waals surface area contributed by atoms with Gasteiger partial charge in [0.1, 0.15) is 24.1 Å². The van der Waals surface area contributed by atoms with Gasteiger partial charge in [0, 0.05) is 25.2 Å². The monoisotopic (exact) mass is 627 g/mol. The Kier molecular flexibility index (Phi) is 12.3. The number of sulfonamides is 1. The summed E-state index contributed by atoms with van der Waals surface area (Å²) in [6.07, 6.45) is 1.19. The highest BCUT2D eigenvalue weighted by Gasteiger charge is 2.34. The molecule has 3 rings (SSSR count). The van der Waals surface area contributed by atoms with Crippen LogP contribution in [0.25, 0.3) is 0 Å². The Hall–Kier alpha value is -4.45. The zero-order chi connectivity index (χ0) is 32.3. The molecule has 0 aromatic heterocycles. The molecule has 0 spiro atoms. The number of rotatable bonds is 16. The molecule has 44 heavy (non-hydrogen) atoms. The summed E-state index contributed by atoms with van der Waals surface area (Å²) < 4.78 is 51.2. The number of benzene rings is 3. The van der Waals surface area contributed by atoms with Crippen molar-refractivity contribution < 1.29 is 37.0 Å². The van der Waals surface area contributed by atoms with Gasteiger partial charge in [0.2, 0.25) is 11.8 Å². The first-order chi connectivity index (χ1) is 21.1. The van der Waals surface area contributed by atoms with Gasteiger partial charge < -0.3 is 29.2 Å². The lowest BCUT2D eigenvalue weighted by atomic mass is 10.1. The minimum atomic E-state index is -4.41. The van der Waals surface area contributed by atoms with Crippen molar-refractivity contribution >= 4 is 27.5 Å². The maximum absolute atomic E-state index is 14.3. The predicted molar refractivity (Wildman–Crippen MR) is 168 cm³/mol. The third-order valence-corrected chi connectivity index (χ3v) is 8.83. The molecule has 0 unspecified atom stereocenters. The number of carbonyl (C=O) groups is 2. The molecule has 0 aliphatic heterocycles. The summed E-state index contributed by atoms with van der Waals surface area (Å²) in [4.78, 5) is 28.5. The molecule has 1 N–H and O–H groups in total. The molecular formula is C32H41N3O8S. The third-order valence-electron chi connectivity index (χ3n) is 7.08. The van der Waals surface area contributed by atoms with Crippen molar-refractivity contribution in [1.29, 1.82) is 0 Å². The number of nitrogens with one attached hydrogen (secondary N) is 1. The van der Waals surface area contributed by atoms with Crippen LogP contribution in [0.2, 0.25) is 0 Å². The molecule has 0 saturated heterocycles. The molecule has 0 heterocycles. The zero-order valence-corrected chi connectivity index (χ0v) is 26.8. The second kappa shape index (κ2) is 15.9. The second-order valence-electron chi connectivity index (χ2n) is 9.86. The third kappa shape index (κ3) is 8.13. The van der Waals surface area contributed by atoms with Gasteiger partial charge in [0.15, 0.2) is 11.5 Å². The van der Waals surface area contributed by atoms with Gasteiger partial charge in [-0.2, -0.15) is 0 Å². The summed E-state index contributed by atoms with van der Waals surface area (Å²) in [5.41, 5.74) is 1.05. The smallest absolute Gasteiger partial charge is 0.265 e. The quantitative estimate of drug-likeness (QED) is 0.254. The van der Waals surface area contributed by atoms with E-state index in [0.717, 1.165) is 16.3 Å². The van der Waals surface area contributed by atoms with Crippen LogP contribution < -0.4 is 28.6 Å². The number of hydrogen-bond acceptors (Lipinski definition) is 8. The molecule has 11 nitrogen and oxygen atoms in total. The van der Waals surface area contributed by atoms with Crippen LogP contribution in [0.15, 0.2) is 71.6 Å². The molecule has 0 radical (unpaired) electrons. The van der Waals surface area contributed by atoms with Crippen molar-refractivity contribution in [1.82, 2.24) is 10.2 Å². The topological polar surface area (TPSA) is 124 Å². The summed E-state index contributed by atoms with van der Waals surface area (Å²) >= 11 is 0. The first-order valence-corrected chi connectivity index (χ1v) is 15.6. The molecule has 3 aromatic rings. The summed E-state index contributed by atoms with van der Waals surface area (Å²) in [6.45, 7) is 3.57. The van der Waals surface area contributed by atoms with E-state index >= 15 is 0 Å². The average molecular weight is 628 g/mol. The van der Waals surface area contributed by atoms with Gasteiger partial charge in [-0.05, 0) is 49.6 Å². The number of carbonyl (C=O) groups excluding carboxylic acids is 2. The Bertz CT molecular complexity index is 1520. The number of hydrogen-bond donors (Lipinski definition) is 1. The fraction of sp³-hybridized carbons (Fsp3) is 0.375. The van der Waals surface area contributed by atoms with Crippen molar-refractivity contribution in [3.8, 4) is 23.0 Å². The summed E-state index contributed by atoms with van der Waals surface area (Å²) in [7, 11) is 1.29. The van der Waals surface area contributed by atoms with Gasteiger partial charge in [0.05, 0.1) is 39.0 Å². The highest BCUT2D eigenvalue weighted by molar-refractivity contribution is 7.92. The molecule has 12 heteroatoms. The van der Waals surface area contributed by atoms with E-state index in [1.165, 1.54) is 57.6 Å². The van der Waals surface area contributed by atoms with Crippen molar-refractivity contribution in [2.75, 3.05) is 52.4 Å². The summed E-state index contributed by atoms with van der Waals surface area (Å²) in [6, 6.07) is 17.5.